The number of hydrogen-bond donors (Lipinski definition) is 0. The molecule has 1 heterocycles. The highest BCUT2D eigenvalue weighted by molar-refractivity contribution is 9.10. The van der Waals surface area contributed by atoms with E-state index in [9.17, 15) is 0 Å². The van der Waals surface area contributed by atoms with Crippen LogP contribution < -0.4 is 0 Å². The molecule has 0 aliphatic heterocycles. The van der Waals surface area contributed by atoms with E-state index in [1.54, 1.807) is 11.3 Å². The molecule has 0 aliphatic rings. The van der Waals surface area contributed by atoms with E-state index in [1.807, 2.05) is 0 Å². The van der Waals surface area contributed by atoms with Crippen molar-refractivity contribution in [1.82, 2.24) is 0 Å². The van der Waals surface area contributed by atoms with Crippen LogP contribution in [0.15, 0.2) is 34.8 Å². The van der Waals surface area contributed by atoms with Gasteiger partial charge in [-0.05, 0) is 65.4 Å². The van der Waals surface area contributed by atoms with E-state index in [2.05, 4.69) is 72.0 Å². The van der Waals surface area contributed by atoms with E-state index >= 15 is 0 Å². The van der Waals surface area contributed by atoms with E-state index in [4.69, 9.17) is 0 Å². The SMILES string of the molecule is CCCCc1ccc(C#Cc2sc(C)cc2Br)cc1. The summed E-state index contributed by atoms with van der Waals surface area (Å²) in [5.41, 5.74) is 2.48. The highest BCUT2D eigenvalue weighted by Crippen LogP contribution is 2.25. The molecule has 0 atom stereocenters. The molecule has 0 saturated heterocycles. The number of halogens is 1. The van der Waals surface area contributed by atoms with E-state index in [0.29, 0.717) is 0 Å². The minimum absolute atomic E-state index is 1.08. The lowest BCUT2D eigenvalue weighted by molar-refractivity contribution is 0.795. The molecule has 0 saturated carbocycles. The molecule has 19 heavy (non-hydrogen) atoms. The fourth-order valence-corrected chi connectivity index (χ4v) is 3.43. The second-order valence-electron chi connectivity index (χ2n) is 4.58. The Labute approximate surface area is 128 Å². The predicted octanol–water partition coefficient (Wildman–Crippen LogP) is 5.56. The topological polar surface area (TPSA) is 0 Å². The third-order valence-electron chi connectivity index (χ3n) is 2.90. The standard InChI is InChI=1S/C17H17BrS/c1-3-4-5-14-6-8-15(9-7-14)10-11-17-16(18)12-13(2)19-17/h6-9,12H,3-5H2,1-2H3. The highest BCUT2D eigenvalue weighted by atomic mass is 79.9. The molecule has 0 amide bonds. The fraction of sp³-hybridized carbons (Fsp3) is 0.294. The molecule has 1 aromatic carbocycles. The fourth-order valence-electron chi connectivity index (χ4n) is 1.83. The molecule has 0 fully saturated rings. The summed E-state index contributed by atoms with van der Waals surface area (Å²) in [4.78, 5) is 2.39. The van der Waals surface area contributed by atoms with Crippen LogP contribution in [0.25, 0.3) is 0 Å². The van der Waals surface area contributed by atoms with Crippen LogP contribution in [0.2, 0.25) is 0 Å². The summed E-state index contributed by atoms with van der Waals surface area (Å²) in [6.07, 6.45) is 3.67. The van der Waals surface area contributed by atoms with Gasteiger partial charge in [0, 0.05) is 14.9 Å². The molecular weight excluding hydrogens is 316 g/mol. The zero-order chi connectivity index (χ0) is 13.7. The lowest BCUT2D eigenvalue weighted by atomic mass is 10.1. The average molecular weight is 333 g/mol. The zero-order valence-electron chi connectivity index (χ0n) is 11.3. The molecule has 0 spiro atoms. The minimum Gasteiger partial charge on any atom is -0.131 e. The molecule has 2 rings (SSSR count). The van der Waals surface area contributed by atoms with Gasteiger partial charge in [0.2, 0.25) is 0 Å². The molecule has 0 aliphatic carbocycles. The number of rotatable bonds is 3. The van der Waals surface area contributed by atoms with Gasteiger partial charge in [-0.2, -0.15) is 0 Å². The molecular formula is C17H17BrS. The van der Waals surface area contributed by atoms with Gasteiger partial charge < -0.3 is 0 Å². The molecule has 0 unspecified atom stereocenters. The summed E-state index contributed by atoms with van der Waals surface area (Å²) in [5, 5.41) is 0. The summed E-state index contributed by atoms with van der Waals surface area (Å²) >= 11 is 5.27. The van der Waals surface area contributed by atoms with Gasteiger partial charge in [-0.3, -0.25) is 0 Å². The molecule has 0 N–H and O–H groups in total. The van der Waals surface area contributed by atoms with Crippen molar-refractivity contribution in [2.45, 2.75) is 33.1 Å². The van der Waals surface area contributed by atoms with Crippen LogP contribution in [0, 0.1) is 18.8 Å². The Kier molecular flexibility index (Phi) is 5.24. The molecule has 0 bridgehead atoms. The van der Waals surface area contributed by atoms with Crippen molar-refractivity contribution in [1.29, 1.82) is 0 Å². The van der Waals surface area contributed by atoms with Gasteiger partial charge in [0.1, 0.15) is 0 Å². The van der Waals surface area contributed by atoms with Crippen molar-refractivity contribution in [3.8, 4) is 11.8 Å². The lowest BCUT2D eigenvalue weighted by Crippen LogP contribution is -1.84. The molecule has 0 radical (unpaired) electrons. The summed E-state index contributed by atoms with van der Waals surface area (Å²) in [7, 11) is 0. The van der Waals surface area contributed by atoms with Crippen LogP contribution in [0.4, 0.5) is 0 Å². The van der Waals surface area contributed by atoms with Gasteiger partial charge >= 0.3 is 0 Å². The summed E-state index contributed by atoms with van der Waals surface area (Å²) in [5.74, 6) is 6.46. The van der Waals surface area contributed by atoms with Crippen molar-refractivity contribution in [3.05, 3.63) is 55.7 Å². The maximum Gasteiger partial charge on any atom is 0.0916 e. The van der Waals surface area contributed by atoms with Crippen molar-refractivity contribution in [2.75, 3.05) is 0 Å². The van der Waals surface area contributed by atoms with Crippen molar-refractivity contribution < 1.29 is 0 Å². The predicted molar refractivity (Wildman–Crippen MR) is 87.8 cm³/mol. The average Bonchev–Trinajstić information content (AvgIpc) is 2.73. The Hall–Kier alpha value is -1.04. The lowest BCUT2D eigenvalue weighted by Gasteiger charge is -1.99. The Balaban J connectivity index is 2.10. The number of hydrogen-bond acceptors (Lipinski definition) is 1. The smallest absolute Gasteiger partial charge is 0.0916 e. The second kappa shape index (κ2) is 6.93. The number of thiophene rings is 1. The Morgan fingerprint density at radius 1 is 1.16 bits per heavy atom. The van der Waals surface area contributed by atoms with Crippen LogP contribution in [0.5, 0.6) is 0 Å². The molecule has 1 aromatic heterocycles. The Morgan fingerprint density at radius 2 is 1.89 bits per heavy atom. The molecule has 0 nitrogen and oxygen atoms in total. The number of benzene rings is 1. The van der Waals surface area contributed by atoms with Crippen LogP contribution >= 0.6 is 27.3 Å². The van der Waals surface area contributed by atoms with Gasteiger partial charge in [0.05, 0.1) is 4.88 Å². The van der Waals surface area contributed by atoms with E-state index in [0.717, 1.165) is 14.9 Å². The molecule has 98 valence electrons. The van der Waals surface area contributed by atoms with Crippen LogP contribution in [-0.2, 0) is 6.42 Å². The summed E-state index contributed by atoms with van der Waals surface area (Å²) in [6, 6.07) is 10.7. The summed E-state index contributed by atoms with van der Waals surface area (Å²) in [6.45, 7) is 4.32. The van der Waals surface area contributed by atoms with Gasteiger partial charge in [-0.1, -0.05) is 31.4 Å². The van der Waals surface area contributed by atoms with Crippen molar-refractivity contribution >= 4 is 27.3 Å². The molecule has 2 aromatic rings. The quantitative estimate of drug-likeness (QED) is 0.645. The maximum atomic E-state index is 3.54. The maximum absolute atomic E-state index is 3.54. The highest BCUT2D eigenvalue weighted by Gasteiger charge is 2.00. The number of unbranched alkanes of at least 4 members (excludes halogenated alkanes) is 1. The largest absolute Gasteiger partial charge is 0.131 e. The first-order valence-electron chi connectivity index (χ1n) is 6.56. The van der Waals surface area contributed by atoms with Crippen molar-refractivity contribution in [2.24, 2.45) is 0 Å². The minimum atomic E-state index is 1.08. The van der Waals surface area contributed by atoms with E-state index < -0.39 is 0 Å². The first kappa shape index (κ1) is 14.4. The first-order valence-corrected chi connectivity index (χ1v) is 8.17. The van der Waals surface area contributed by atoms with Crippen LogP contribution in [0.3, 0.4) is 0 Å². The number of aryl methyl sites for hydroxylation is 2. The third-order valence-corrected chi connectivity index (χ3v) is 4.76. The first-order chi connectivity index (χ1) is 9.19. The van der Waals surface area contributed by atoms with Crippen LogP contribution in [0.1, 0.15) is 40.6 Å². The Morgan fingerprint density at radius 3 is 2.47 bits per heavy atom. The monoisotopic (exact) mass is 332 g/mol. The van der Waals surface area contributed by atoms with Crippen LogP contribution in [-0.4, -0.2) is 0 Å². The molecule has 2 heteroatoms. The second-order valence-corrected chi connectivity index (χ2v) is 6.70. The van der Waals surface area contributed by atoms with Gasteiger partial charge in [0.25, 0.3) is 0 Å². The third kappa shape index (κ3) is 4.23. The Bertz CT molecular complexity index is 596. The van der Waals surface area contributed by atoms with Crippen molar-refractivity contribution in [3.63, 3.8) is 0 Å². The normalized spacial score (nSPS) is 10.1. The van der Waals surface area contributed by atoms with Gasteiger partial charge in [-0.15, -0.1) is 11.3 Å². The summed E-state index contributed by atoms with van der Waals surface area (Å²) < 4.78 is 1.10. The van der Waals surface area contributed by atoms with E-state index in [1.165, 1.54) is 29.7 Å². The zero-order valence-corrected chi connectivity index (χ0v) is 13.7. The van der Waals surface area contributed by atoms with Gasteiger partial charge in [0.15, 0.2) is 0 Å². The van der Waals surface area contributed by atoms with Gasteiger partial charge in [-0.25, -0.2) is 0 Å². The van der Waals surface area contributed by atoms with E-state index in [-0.39, 0.29) is 0 Å².